The number of carbonyl (C=O) groups is 1. The van der Waals surface area contributed by atoms with E-state index in [2.05, 4.69) is 48.2 Å². The molecule has 0 aromatic heterocycles. The fraction of sp³-hybridized carbons (Fsp3) is 0.542. The number of fused-ring (bicyclic) bond motifs is 1. The number of likely N-dealkylation sites (tertiary alicyclic amines) is 1. The van der Waals surface area contributed by atoms with Crippen LogP contribution in [0.25, 0.3) is 10.8 Å². The van der Waals surface area contributed by atoms with Crippen molar-refractivity contribution >= 4 is 16.7 Å². The molecule has 2 aromatic rings. The molecule has 1 N–H and O–H groups in total. The molecule has 2 aromatic carbocycles. The Hall–Kier alpha value is -2.07. The van der Waals surface area contributed by atoms with Crippen molar-refractivity contribution in [2.24, 2.45) is 11.8 Å². The van der Waals surface area contributed by atoms with Gasteiger partial charge in [-0.15, -0.1) is 0 Å². The monoisotopic (exact) mass is 381 g/mol. The van der Waals surface area contributed by atoms with Crippen LogP contribution < -0.4 is 4.74 Å². The molecule has 4 nitrogen and oxygen atoms in total. The molecule has 0 spiro atoms. The molecule has 4 rings (SSSR count). The largest absolute Gasteiger partial charge is 0.490 e. The molecule has 1 saturated carbocycles. The molecule has 150 valence electrons. The molecule has 0 amide bonds. The molecular formula is C24H31NO3. The average Bonchev–Trinajstić information content (AvgIpc) is 2.70. The minimum absolute atomic E-state index is 0.171. The third-order valence-electron chi connectivity index (χ3n) is 6.50. The molecular weight excluding hydrogens is 350 g/mol. The molecule has 1 saturated heterocycles. The Morgan fingerprint density at radius 1 is 1.07 bits per heavy atom. The summed E-state index contributed by atoms with van der Waals surface area (Å²) in [7, 11) is 0. The predicted molar refractivity (Wildman–Crippen MR) is 112 cm³/mol. The van der Waals surface area contributed by atoms with Gasteiger partial charge in [0, 0.05) is 11.9 Å². The number of aliphatic carboxylic acids is 1. The molecule has 2 aliphatic rings. The number of rotatable bonds is 5. The van der Waals surface area contributed by atoms with E-state index in [1.165, 1.54) is 29.2 Å². The highest BCUT2D eigenvalue weighted by molar-refractivity contribution is 5.88. The van der Waals surface area contributed by atoms with E-state index in [0.717, 1.165) is 57.0 Å². The van der Waals surface area contributed by atoms with Crippen LogP contribution in [0, 0.1) is 11.8 Å². The van der Waals surface area contributed by atoms with Gasteiger partial charge >= 0.3 is 5.97 Å². The molecule has 0 unspecified atom stereocenters. The minimum atomic E-state index is -0.648. The van der Waals surface area contributed by atoms with Crippen molar-refractivity contribution in [3.8, 4) is 5.75 Å². The fourth-order valence-electron chi connectivity index (χ4n) is 4.63. The standard InChI is InChI=1S/C24H31NO3/c1-17-5-8-21(9-6-17)28-23-4-2-3-20-15-18(7-10-22(20)23)16-25-13-11-19(12-14-25)24(26)27/h2-4,7,10,15,17,19,21H,5-6,8-9,11-14,16H2,1H3,(H,26,27). The third kappa shape index (κ3) is 4.49. The van der Waals surface area contributed by atoms with Crippen LogP contribution in [0.3, 0.4) is 0 Å². The first-order valence-electron chi connectivity index (χ1n) is 10.7. The average molecular weight is 382 g/mol. The summed E-state index contributed by atoms with van der Waals surface area (Å²) in [6.07, 6.45) is 6.68. The van der Waals surface area contributed by atoms with Gasteiger partial charge in [-0.2, -0.15) is 0 Å². The summed E-state index contributed by atoms with van der Waals surface area (Å²) in [6, 6.07) is 13.0. The van der Waals surface area contributed by atoms with Gasteiger partial charge in [-0.1, -0.05) is 31.2 Å². The van der Waals surface area contributed by atoms with Crippen LogP contribution in [-0.4, -0.2) is 35.2 Å². The summed E-state index contributed by atoms with van der Waals surface area (Å²) in [5.74, 6) is 1.02. The molecule has 0 bridgehead atoms. The van der Waals surface area contributed by atoms with E-state index in [-0.39, 0.29) is 5.92 Å². The van der Waals surface area contributed by atoms with Gasteiger partial charge in [0.25, 0.3) is 0 Å². The molecule has 0 atom stereocenters. The SMILES string of the molecule is CC1CCC(Oc2cccc3cc(CN4CCC(C(=O)O)CC4)ccc23)CC1. The zero-order valence-electron chi connectivity index (χ0n) is 16.8. The Bertz CT molecular complexity index is 818. The zero-order valence-corrected chi connectivity index (χ0v) is 16.8. The molecule has 1 heterocycles. The number of hydrogen-bond acceptors (Lipinski definition) is 3. The number of hydrogen-bond donors (Lipinski definition) is 1. The quantitative estimate of drug-likeness (QED) is 0.783. The highest BCUT2D eigenvalue weighted by Gasteiger charge is 2.24. The van der Waals surface area contributed by atoms with Gasteiger partial charge in [-0.3, -0.25) is 9.69 Å². The van der Waals surface area contributed by atoms with Crippen molar-refractivity contribution in [2.75, 3.05) is 13.1 Å². The van der Waals surface area contributed by atoms with Crippen molar-refractivity contribution in [2.45, 2.75) is 58.1 Å². The Kier molecular flexibility index (Phi) is 5.86. The van der Waals surface area contributed by atoms with Crippen molar-refractivity contribution in [1.29, 1.82) is 0 Å². The van der Waals surface area contributed by atoms with Gasteiger partial charge in [0.2, 0.25) is 0 Å². The molecule has 1 aliphatic carbocycles. The number of carboxylic acids is 1. The summed E-state index contributed by atoms with van der Waals surface area (Å²) >= 11 is 0. The maximum Gasteiger partial charge on any atom is 0.306 e. The van der Waals surface area contributed by atoms with E-state index in [0.29, 0.717) is 6.10 Å². The lowest BCUT2D eigenvalue weighted by atomic mass is 9.89. The van der Waals surface area contributed by atoms with Gasteiger partial charge in [0.05, 0.1) is 12.0 Å². The molecule has 4 heteroatoms. The van der Waals surface area contributed by atoms with Crippen LogP contribution >= 0.6 is 0 Å². The van der Waals surface area contributed by atoms with Gasteiger partial charge in [0.1, 0.15) is 5.75 Å². The predicted octanol–water partition coefficient (Wildman–Crippen LogP) is 5.09. The van der Waals surface area contributed by atoms with Gasteiger partial charge in [-0.25, -0.2) is 0 Å². The highest BCUT2D eigenvalue weighted by Crippen LogP contribution is 2.32. The first-order valence-corrected chi connectivity index (χ1v) is 10.7. The maximum atomic E-state index is 11.1. The van der Waals surface area contributed by atoms with Gasteiger partial charge in [-0.05, 0) is 80.6 Å². The summed E-state index contributed by atoms with van der Waals surface area (Å²) in [4.78, 5) is 13.5. The third-order valence-corrected chi connectivity index (χ3v) is 6.50. The van der Waals surface area contributed by atoms with Crippen molar-refractivity contribution in [3.63, 3.8) is 0 Å². The first-order chi connectivity index (χ1) is 13.6. The Labute approximate surface area is 167 Å². The molecule has 1 aliphatic heterocycles. The zero-order chi connectivity index (χ0) is 19.5. The van der Waals surface area contributed by atoms with Crippen LogP contribution in [0.5, 0.6) is 5.75 Å². The summed E-state index contributed by atoms with van der Waals surface area (Å²) in [5, 5.41) is 11.6. The normalized spacial score (nSPS) is 24.3. The second kappa shape index (κ2) is 8.52. The number of nitrogens with zero attached hydrogens (tertiary/aromatic N) is 1. The van der Waals surface area contributed by atoms with E-state index < -0.39 is 5.97 Å². The lowest BCUT2D eigenvalue weighted by Gasteiger charge is -2.30. The summed E-state index contributed by atoms with van der Waals surface area (Å²) in [5.41, 5.74) is 1.28. The van der Waals surface area contributed by atoms with E-state index in [9.17, 15) is 4.79 Å². The summed E-state index contributed by atoms with van der Waals surface area (Å²) < 4.78 is 6.37. The molecule has 0 radical (unpaired) electrons. The smallest absolute Gasteiger partial charge is 0.306 e. The van der Waals surface area contributed by atoms with E-state index in [1.54, 1.807) is 0 Å². The van der Waals surface area contributed by atoms with Crippen LogP contribution in [0.2, 0.25) is 0 Å². The number of ether oxygens (including phenoxy) is 1. The van der Waals surface area contributed by atoms with Gasteiger partial charge < -0.3 is 9.84 Å². The maximum absolute atomic E-state index is 11.1. The Balaban J connectivity index is 1.42. The van der Waals surface area contributed by atoms with Crippen LogP contribution in [0.1, 0.15) is 51.0 Å². The fourth-order valence-corrected chi connectivity index (χ4v) is 4.63. The van der Waals surface area contributed by atoms with E-state index in [4.69, 9.17) is 9.84 Å². The number of benzene rings is 2. The topological polar surface area (TPSA) is 49.8 Å². The Morgan fingerprint density at radius 2 is 1.82 bits per heavy atom. The van der Waals surface area contributed by atoms with Crippen molar-refractivity contribution < 1.29 is 14.6 Å². The number of carboxylic acid groups (broad SMARTS) is 1. The second-order valence-electron chi connectivity index (χ2n) is 8.70. The highest BCUT2D eigenvalue weighted by atomic mass is 16.5. The van der Waals surface area contributed by atoms with Gasteiger partial charge in [0.15, 0.2) is 0 Å². The van der Waals surface area contributed by atoms with Crippen LogP contribution in [0.4, 0.5) is 0 Å². The lowest BCUT2D eigenvalue weighted by Crippen LogP contribution is -2.35. The first kappa shape index (κ1) is 19.3. The minimum Gasteiger partial charge on any atom is -0.490 e. The second-order valence-corrected chi connectivity index (χ2v) is 8.70. The number of piperidine rings is 1. The lowest BCUT2D eigenvalue weighted by molar-refractivity contribution is -0.143. The van der Waals surface area contributed by atoms with Crippen LogP contribution in [-0.2, 0) is 11.3 Å². The summed E-state index contributed by atoms with van der Waals surface area (Å²) in [6.45, 7) is 4.93. The Morgan fingerprint density at radius 3 is 2.54 bits per heavy atom. The molecule has 28 heavy (non-hydrogen) atoms. The van der Waals surface area contributed by atoms with Crippen LogP contribution in [0.15, 0.2) is 36.4 Å². The van der Waals surface area contributed by atoms with Crippen molar-refractivity contribution in [1.82, 2.24) is 4.90 Å². The van der Waals surface area contributed by atoms with E-state index >= 15 is 0 Å². The molecule has 2 fully saturated rings. The van der Waals surface area contributed by atoms with Crippen molar-refractivity contribution in [3.05, 3.63) is 42.0 Å². The van der Waals surface area contributed by atoms with E-state index in [1.807, 2.05) is 0 Å².